The minimum Gasteiger partial charge on any atom is -0.297 e. The molecule has 4 aliphatic carbocycles. The molecule has 0 aromatic heterocycles. The van der Waals surface area contributed by atoms with Crippen molar-refractivity contribution in [1.29, 1.82) is 0 Å². The van der Waals surface area contributed by atoms with Gasteiger partial charge in [0.2, 0.25) is 0 Å². The maximum atomic E-state index is 12.1. The summed E-state index contributed by atoms with van der Waals surface area (Å²) < 4.78 is 0. The standard InChI is InChI=1S/C27H41NO/c1-16-5-8-23-17(2)25-24(28(23)15-16)14-22-20-7-6-18-13-19(29)9-11-26(18,3)21(20)10-12-27(22,25)4/h13,16-17,20-25H,5-12,14-15H2,1-4H3/t16-,17-,20-,21+,22+,23+,24+,25+,26-,27-/m0/s1. The summed E-state index contributed by atoms with van der Waals surface area (Å²) in [5.41, 5.74) is 2.41. The highest BCUT2D eigenvalue weighted by Crippen LogP contribution is 2.70. The van der Waals surface area contributed by atoms with Crippen molar-refractivity contribution in [3.8, 4) is 0 Å². The summed E-state index contributed by atoms with van der Waals surface area (Å²) in [4.78, 5) is 15.1. The van der Waals surface area contributed by atoms with Crippen molar-refractivity contribution in [2.24, 2.45) is 46.3 Å². The van der Waals surface area contributed by atoms with Crippen molar-refractivity contribution in [2.75, 3.05) is 6.54 Å². The van der Waals surface area contributed by atoms with E-state index in [0.717, 1.165) is 60.4 Å². The lowest BCUT2D eigenvalue weighted by Crippen LogP contribution is -2.51. The van der Waals surface area contributed by atoms with Crippen molar-refractivity contribution < 1.29 is 4.79 Å². The zero-order valence-corrected chi connectivity index (χ0v) is 19.1. The second-order valence-electron chi connectivity index (χ2n) is 12.6. The number of rotatable bonds is 0. The second kappa shape index (κ2) is 6.21. The lowest BCUT2D eigenvalue weighted by Gasteiger charge is -2.58. The maximum Gasteiger partial charge on any atom is 0.155 e. The van der Waals surface area contributed by atoms with Gasteiger partial charge < -0.3 is 0 Å². The van der Waals surface area contributed by atoms with E-state index in [0.29, 0.717) is 16.6 Å². The zero-order chi connectivity index (χ0) is 20.1. The first-order valence-electron chi connectivity index (χ1n) is 12.8. The van der Waals surface area contributed by atoms with Gasteiger partial charge >= 0.3 is 0 Å². The van der Waals surface area contributed by atoms with Crippen LogP contribution < -0.4 is 0 Å². The van der Waals surface area contributed by atoms with Crippen molar-refractivity contribution >= 4 is 5.78 Å². The van der Waals surface area contributed by atoms with Crippen LogP contribution in [0, 0.1) is 46.3 Å². The SMILES string of the molecule is C[C@H]1CC[C@@H]2[C@H](C)[C@@H]3[C@@H](C[C@@H]4[C@H]5CCC6=CC(=O)CC[C@]6(C)[C@@H]5CC[C@]34C)N2C1. The van der Waals surface area contributed by atoms with Gasteiger partial charge in [0.25, 0.3) is 0 Å². The molecule has 2 heteroatoms. The number of carbonyl (C=O) groups excluding carboxylic acids is 1. The molecule has 0 amide bonds. The number of allylic oxidation sites excluding steroid dienone is 1. The van der Waals surface area contributed by atoms with Gasteiger partial charge in [-0.25, -0.2) is 0 Å². The summed E-state index contributed by atoms with van der Waals surface area (Å²) in [6, 6.07) is 1.74. The number of fused-ring (bicyclic) bond motifs is 9. The van der Waals surface area contributed by atoms with Crippen LogP contribution in [0.5, 0.6) is 0 Å². The Morgan fingerprint density at radius 3 is 2.62 bits per heavy atom. The molecular weight excluding hydrogens is 354 g/mol. The Labute approximate surface area is 177 Å². The second-order valence-corrected chi connectivity index (χ2v) is 12.6. The third-order valence-corrected chi connectivity index (χ3v) is 11.6. The molecule has 6 rings (SSSR count). The van der Waals surface area contributed by atoms with Crippen LogP contribution in [0.15, 0.2) is 11.6 Å². The van der Waals surface area contributed by atoms with E-state index < -0.39 is 0 Å². The molecule has 2 saturated heterocycles. The van der Waals surface area contributed by atoms with E-state index in [9.17, 15) is 4.79 Å². The fourth-order valence-electron chi connectivity index (χ4n) is 10.3. The van der Waals surface area contributed by atoms with Crippen molar-refractivity contribution in [1.82, 2.24) is 4.90 Å². The summed E-state index contributed by atoms with van der Waals surface area (Å²) in [6.07, 6.45) is 13.8. The average Bonchev–Trinajstić information content (AvgIpc) is 3.15. The lowest BCUT2D eigenvalue weighted by molar-refractivity contribution is -0.117. The van der Waals surface area contributed by atoms with E-state index in [-0.39, 0.29) is 0 Å². The van der Waals surface area contributed by atoms with Crippen molar-refractivity contribution in [2.45, 2.75) is 97.6 Å². The first-order valence-corrected chi connectivity index (χ1v) is 12.8. The van der Waals surface area contributed by atoms with Crippen LogP contribution in [-0.4, -0.2) is 29.3 Å². The Bertz CT molecular complexity index is 756. The molecule has 0 spiro atoms. The normalized spacial score (nSPS) is 56.7. The van der Waals surface area contributed by atoms with E-state index >= 15 is 0 Å². The smallest absolute Gasteiger partial charge is 0.155 e. The molecule has 0 radical (unpaired) electrons. The topological polar surface area (TPSA) is 20.3 Å². The van der Waals surface area contributed by atoms with Crippen LogP contribution >= 0.6 is 0 Å². The highest BCUT2D eigenvalue weighted by atomic mass is 16.1. The van der Waals surface area contributed by atoms with Crippen LogP contribution in [0.3, 0.4) is 0 Å². The minimum atomic E-state index is 0.323. The fraction of sp³-hybridized carbons (Fsp3) is 0.889. The molecule has 0 unspecified atom stereocenters. The Kier molecular flexibility index (Phi) is 4.09. The van der Waals surface area contributed by atoms with E-state index in [1.807, 2.05) is 0 Å². The number of hydrogen-bond acceptors (Lipinski definition) is 2. The highest BCUT2D eigenvalue weighted by molar-refractivity contribution is 5.91. The third-order valence-electron chi connectivity index (χ3n) is 11.6. The molecule has 0 aromatic carbocycles. The maximum absolute atomic E-state index is 12.1. The van der Waals surface area contributed by atoms with E-state index in [1.165, 1.54) is 57.1 Å². The monoisotopic (exact) mass is 395 g/mol. The van der Waals surface area contributed by atoms with Crippen LogP contribution in [0.2, 0.25) is 0 Å². The first kappa shape index (κ1) is 19.1. The Morgan fingerprint density at radius 1 is 0.966 bits per heavy atom. The summed E-state index contributed by atoms with van der Waals surface area (Å²) in [5.74, 6) is 5.77. The quantitative estimate of drug-likeness (QED) is 0.512. The first-order chi connectivity index (χ1) is 13.8. The van der Waals surface area contributed by atoms with Gasteiger partial charge in [0.1, 0.15) is 0 Å². The Morgan fingerprint density at radius 2 is 1.79 bits per heavy atom. The lowest BCUT2D eigenvalue weighted by atomic mass is 9.46. The molecule has 2 nitrogen and oxygen atoms in total. The van der Waals surface area contributed by atoms with Crippen LogP contribution in [-0.2, 0) is 4.79 Å². The molecule has 2 aliphatic heterocycles. The predicted octanol–water partition coefficient (Wildman–Crippen LogP) is 5.86. The Hall–Kier alpha value is -0.630. The number of hydrogen-bond donors (Lipinski definition) is 0. The van der Waals surface area contributed by atoms with Crippen molar-refractivity contribution in [3.63, 3.8) is 0 Å². The molecule has 5 fully saturated rings. The molecule has 0 N–H and O–H groups in total. The fourth-order valence-corrected chi connectivity index (χ4v) is 10.3. The van der Waals surface area contributed by atoms with E-state index in [2.05, 4.69) is 38.7 Å². The summed E-state index contributed by atoms with van der Waals surface area (Å²) in [6.45, 7) is 11.7. The van der Waals surface area contributed by atoms with Crippen LogP contribution in [0.25, 0.3) is 0 Å². The summed E-state index contributed by atoms with van der Waals surface area (Å²) >= 11 is 0. The molecule has 2 heterocycles. The Balaban J connectivity index is 1.33. The van der Waals surface area contributed by atoms with Crippen LogP contribution in [0.1, 0.15) is 85.5 Å². The molecule has 160 valence electrons. The highest BCUT2D eigenvalue weighted by Gasteiger charge is 2.66. The molecule has 6 aliphatic rings. The van der Waals surface area contributed by atoms with Gasteiger partial charge in [-0.05, 0) is 104 Å². The average molecular weight is 396 g/mol. The van der Waals surface area contributed by atoms with Gasteiger partial charge in [-0.3, -0.25) is 9.69 Å². The molecular formula is C27H41NO. The van der Waals surface area contributed by atoms with Gasteiger partial charge in [0, 0.05) is 25.0 Å². The molecule has 0 aromatic rings. The molecule has 29 heavy (non-hydrogen) atoms. The number of piperidine rings is 1. The number of nitrogens with zero attached hydrogens (tertiary/aromatic N) is 1. The van der Waals surface area contributed by atoms with Gasteiger partial charge in [-0.2, -0.15) is 0 Å². The molecule has 10 atom stereocenters. The molecule has 0 bridgehead atoms. The van der Waals surface area contributed by atoms with E-state index in [4.69, 9.17) is 0 Å². The van der Waals surface area contributed by atoms with Crippen molar-refractivity contribution in [3.05, 3.63) is 11.6 Å². The predicted molar refractivity (Wildman–Crippen MR) is 117 cm³/mol. The van der Waals surface area contributed by atoms with Gasteiger partial charge in [-0.1, -0.05) is 33.3 Å². The van der Waals surface area contributed by atoms with Gasteiger partial charge in [0.05, 0.1) is 0 Å². The number of carbonyl (C=O) groups is 1. The third kappa shape index (κ3) is 2.42. The number of ketones is 1. The summed E-state index contributed by atoms with van der Waals surface area (Å²) in [5, 5.41) is 0. The molecule has 3 saturated carbocycles. The minimum absolute atomic E-state index is 0.323. The van der Waals surface area contributed by atoms with Gasteiger partial charge in [0.15, 0.2) is 5.78 Å². The summed E-state index contributed by atoms with van der Waals surface area (Å²) in [7, 11) is 0. The van der Waals surface area contributed by atoms with E-state index in [1.54, 1.807) is 0 Å². The van der Waals surface area contributed by atoms with Gasteiger partial charge in [-0.15, -0.1) is 0 Å². The largest absolute Gasteiger partial charge is 0.297 e. The zero-order valence-electron chi connectivity index (χ0n) is 19.1. The van der Waals surface area contributed by atoms with Crippen LogP contribution in [0.4, 0.5) is 0 Å².